The molecular formula is C30H29ClN2O4. The fourth-order valence-electron chi connectivity index (χ4n) is 4.14. The second kappa shape index (κ2) is 11.8. The van der Waals surface area contributed by atoms with Crippen LogP contribution in [0.15, 0.2) is 79.0 Å². The van der Waals surface area contributed by atoms with Gasteiger partial charge in [-0.15, -0.1) is 6.58 Å². The lowest BCUT2D eigenvalue weighted by Gasteiger charge is -2.17. The molecule has 1 saturated heterocycles. The third kappa shape index (κ3) is 6.22. The molecule has 6 nitrogen and oxygen atoms in total. The summed E-state index contributed by atoms with van der Waals surface area (Å²) in [4.78, 5) is 26.9. The molecule has 3 aromatic rings. The minimum atomic E-state index is -0.450. The SMILES string of the molecule is C=CCc1cc(/C=C2/NC(=O)N(Cc3cccc(C)c3)C2=O)cc(OCC)c1OCc1ccccc1Cl. The van der Waals surface area contributed by atoms with Gasteiger partial charge in [-0.1, -0.05) is 65.7 Å². The van der Waals surface area contributed by atoms with Gasteiger partial charge in [0.2, 0.25) is 0 Å². The molecule has 0 spiro atoms. The molecule has 0 aromatic heterocycles. The van der Waals surface area contributed by atoms with Crippen molar-refractivity contribution in [2.24, 2.45) is 0 Å². The molecule has 0 saturated carbocycles. The minimum Gasteiger partial charge on any atom is -0.490 e. The van der Waals surface area contributed by atoms with Crippen LogP contribution in [0.5, 0.6) is 11.5 Å². The van der Waals surface area contributed by atoms with Crippen molar-refractivity contribution < 1.29 is 19.1 Å². The summed E-state index contributed by atoms with van der Waals surface area (Å²) in [5.41, 5.74) is 4.55. The third-order valence-corrected chi connectivity index (χ3v) is 6.21. The van der Waals surface area contributed by atoms with Gasteiger partial charge in [0, 0.05) is 16.1 Å². The highest BCUT2D eigenvalue weighted by molar-refractivity contribution is 6.31. The van der Waals surface area contributed by atoms with Crippen LogP contribution in [-0.2, 0) is 24.4 Å². The van der Waals surface area contributed by atoms with E-state index >= 15 is 0 Å². The lowest BCUT2D eigenvalue weighted by atomic mass is 10.0. The van der Waals surface area contributed by atoms with Crippen molar-refractivity contribution in [3.05, 3.63) is 112 Å². The first-order valence-electron chi connectivity index (χ1n) is 12.1. The van der Waals surface area contributed by atoms with E-state index in [1.165, 1.54) is 4.90 Å². The molecule has 1 aliphatic heterocycles. The first-order valence-corrected chi connectivity index (χ1v) is 12.4. The second-order valence-electron chi connectivity index (χ2n) is 8.68. The Hall–Kier alpha value is -4.03. The molecule has 1 aliphatic rings. The maximum Gasteiger partial charge on any atom is 0.329 e. The minimum absolute atomic E-state index is 0.199. The summed E-state index contributed by atoms with van der Waals surface area (Å²) >= 11 is 6.30. The van der Waals surface area contributed by atoms with Gasteiger partial charge >= 0.3 is 6.03 Å². The summed E-state index contributed by atoms with van der Waals surface area (Å²) in [6.45, 7) is 8.62. The second-order valence-corrected chi connectivity index (χ2v) is 9.09. The van der Waals surface area contributed by atoms with E-state index in [2.05, 4.69) is 11.9 Å². The van der Waals surface area contributed by atoms with Crippen LogP contribution >= 0.6 is 11.6 Å². The van der Waals surface area contributed by atoms with E-state index < -0.39 is 6.03 Å². The number of urea groups is 1. The van der Waals surface area contributed by atoms with Gasteiger partial charge in [0.1, 0.15) is 12.3 Å². The van der Waals surface area contributed by atoms with E-state index in [1.54, 1.807) is 18.2 Å². The summed E-state index contributed by atoms with van der Waals surface area (Å²) in [6.07, 6.45) is 3.95. The number of ether oxygens (including phenoxy) is 2. The van der Waals surface area contributed by atoms with E-state index in [0.717, 1.165) is 22.3 Å². The highest BCUT2D eigenvalue weighted by Gasteiger charge is 2.33. The fraction of sp³-hybridized carbons (Fsp3) is 0.200. The number of rotatable bonds is 10. The quantitative estimate of drug-likeness (QED) is 0.191. The van der Waals surface area contributed by atoms with E-state index in [9.17, 15) is 9.59 Å². The van der Waals surface area contributed by atoms with Crippen molar-refractivity contribution in [1.29, 1.82) is 0 Å². The highest BCUT2D eigenvalue weighted by atomic mass is 35.5. The first kappa shape index (κ1) is 26.0. The number of aryl methyl sites for hydroxylation is 1. The standard InChI is InChI=1S/C30H29ClN2O4/c1-4-9-23-15-22(17-27(36-5-2)28(23)37-19-24-12-6-7-13-25(24)31)16-26-29(34)33(30(35)32-26)18-21-11-8-10-20(3)14-21/h4,6-8,10-17H,1,5,9,18-19H2,2-3H3,(H,32,35)/b26-16+. The molecule has 3 amide bonds. The van der Waals surface area contributed by atoms with Gasteiger partial charge in [-0.05, 0) is 55.7 Å². The molecule has 0 bridgehead atoms. The fourth-order valence-corrected chi connectivity index (χ4v) is 4.33. The zero-order valence-corrected chi connectivity index (χ0v) is 21.7. The summed E-state index contributed by atoms with van der Waals surface area (Å²) in [6, 6.07) is 18.5. The average molecular weight is 517 g/mol. The average Bonchev–Trinajstić information content (AvgIpc) is 3.12. The van der Waals surface area contributed by atoms with Crippen molar-refractivity contribution in [2.45, 2.75) is 33.4 Å². The van der Waals surface area contributed by atoms with E-state index in [0.29, 0.717) is 35.1 Å². The number of amides is 3. The lowest BCUT2D eigenvalue weighted by molar-refractivity contribution is -0.123. The largest absolute Gasteiger partial charge is 0.490 e. The number of nitrogens with zero attached hydrogens (tertiary/aromatic N) is 1. The van der Waals surface area contributed by atoms with Crippen LogP contribution in [-0.4, -0.2) is 23.4 Å². The normalized spacial score (nSPS) is 14.1. The summed E-state index contributed by atoms with van der Waals surface area (Å²) in [7, 11) is 0. The molecule has 1 fully saturated rings. The Labute approximate surface area is 222 Å². The van der Waals surface area contributed by atoms with E-state index in [1.807, 2.05) is 68.4 Å². The molecule has 1 N–H and O–H groups in total. The predicted octanol–water partition coefficient (Wildman–Crippen LogP) is 6.45. The number of hydrogen-bond acceptors (Lipinski definition) is 4. The first-order chi connectivity index (χ1) is 17.9. The molecule has 0 unspecified atom stereocenters. The molecule has 7 heteroatoms. The van der Waals surface area contributed by atoms with Gasteiger partial charge in [0.15, 0.2) is 11.5 Å². The van der Waals surface area contributed by atoms with Crippen molar-refractivity contribution in [2.75, 3.05) is 6.61 Å². The maximum absolute atomic E-state index is 13.1. The van der Waals surface area contributed by atoms with Crippen LogP contribution in [0.4, 0.5) is 4.79 Å². The number of carbonyl (C=O) groups is 2. The van der Waals surface area contributed by atoms with Gasteiger partial charge in [-0.25, -0.2) is 4.79 Å². The van der Waals surface area contributed by atoms with Gasteiger partial charge in [0.25, 0.3) is 5.91 Å². The number of carbonyl (C=O) groups excluding carboxylic acids is 2. The monoisotopic (exact) mass is 516 g/mol. The number of halogens is 1. The van der Waals surface area contributed by atoms with E-state index in [-0.39, 0.29) is 24.8 Å². The molecule has 3 aromatic carbocycles. The molecule has 1 heterocycles. The molecule has 4 rings (SSSR count). The Morgan fingerprint density at radius 2 is 1.84 bits per heavy atom. The van der Waals surface area contributed by atoms with Crippen molar-refractivity contribution in [1.82, 2.24) is 10.2 Å². The Morgan fingerprint density at radius 1 is 1.03 bits per heavy atom. The Kier molecular flexibility index (Phi) is 8.31. The van der Waals surface area contributed by atoms with Gasteiger partial charge < -0.3 is 14.8 Å². The topological polar surface area (TPSA) is 67.9 Å². The number of benzene rings is 3. The van der Waals surface area contributed by atoms with Crippen LogP contribution in [0, 0.1) is 6.92 Å². The Morgan fingerprint density at radius 3 is 2.57 bits per heavy atom. The van der Waals surface area contributed by atoms with Crippen LogP contribution in [0.2, 0.25) is 5.02 Å². The molecule has 190 valence electrons. The predicted molar refractivity (Wildman–Crippen MR) is 146 cm³/mol. The van der Waals surface area contributed by atoms with Gasteiger partial charge in [-0.2, -0.15) is 0 Å². The molecule has 0 radical (unpaired) electrons. The summed E-state index contributed by atoms with van der Waals surface area (Å²) in [5, 5.41) is 3.32. The number of allylic oxidation sites excluding steroid dienone is 1. The van der Waals surface area contributed by atoms with Crippen molar-refractivity contribution in [3.63, 3.8) is 0 Å². The van der Waals surface area contributed by atoms with Gasteiger partial charge in [0.05, 0.1) is 13.2 Å². The zero-order valence-electron chi connectivity index (χ0n) is 20.9. The van der Waals surface area contributed by atoms with Gasteiger partial charge in [-0.3, -0.25) is 9.69 Å². The van der Waals surface area contributed by atoms with Crippen molar-refractivity contribution >= 4 is 29.6 Å². The molecule has 0 aliphatic carbocycles. The number of imide groups is 1. The smallest absolute Gasteiger partial charge is 0.329 e. The summed E-state index contributed by atoms with van der Waals surface area (Å²) in [5.74, 6) is 0.745. The number of nitrogens with one attached hydrogen (secondary N) is 1. The summed E-state index contributed by atoms with van der Waals surface area (Å²) < 4.78 is 12.1. The molecule has 37 heavy (non-hydrogen) atoms. The van der Waals surface area contributed by atoms with Crippen LogP contribution in [0.1, 0.15) is 34.7 Å². The van der Waals surface area contributed by atoms with E-state index in [4.69, 9.17) is 21.1 Å². The Balaban J connectivity index is 1.62. The van der Waals surface area contributed by atoms with Crippen LogP contribution in [0.25, 0.3) is 6.08 Å². The molecule has 0 atom stereocenters. The van der Waals surface area contributed by atoms with Crippen LogP contribution in [0.3, 0.4) is 0 Å². The molecular weight excluding hydrogens is 488 g/mol. The lowest BCUT2D eigenvalue weighted by Crippen LogP contribution is -2.30. The number of hydrogen-bond donors (Lipinski definition) is 1. The highest BCUT2D eigenvalue weighted by Crippen LogP contribution is 2.36. The van der Waals surface area contributed by atoms with Crippen molar-refractivity contribution in [3.8, 4) is 11.5 Å². The third-order valence-electron chi connectivity index (χ3n) is 5.84. The Bertz CT molecular complexity index is 1370. The maximum atomic E-state index is 13.1. The van der Waals surface area contributed by atoms with Crippen LogP contribution < -0.4 is 14.8 Å². The zero-order chi connectivity index (χ0) is 26.4.